The predicted octanol–water partition coefficient (Wildman–Crippen LogP) is 3.43. The Kier molecular flexibility index (Phi) is 5.27. The summed E-state index contributed by atoms with van der Waals surface area (Å²) in [5.41, 5.74) is 3.99. The van der Waals surface area contributed by atoms with Gasteiger partial charge in [-0.15, -0.1) is 11.3 Å². The molecule has 0 unspecified atom stereocenters. The lowest BCUT2D eigenvalue weighted by Gasteiger charge is -2.18. The molecular weight excluding hydrogens is 391 g/mol. The summed E-state index contributed by atoms with van der Waals surface area (Å²) < 4.78 is 14.3. The molecule has 2 aromatic heterocycles. The maximum Gasteiger partial charge on any atom is 0.263 e. The first-order valence-corrected chi connectivity index (χ1v) is 10.4. The summed E-state index contributed by atoms with van der Waals surface area (Å²) in [5.74, 6) is -0.155. The Balaban J connectivity index is 1.55. The van der Waals surface area contributed by atoms with Crippen LogP contribution in [0.15, 0.2) is 40.5 Å². The Morgan fingerprint density at radius 2 is 2.17 bits per heavy atom. The van der Waals surface area contributed by atoms with Crippen LogP contribution in [0, 0.1) is 11.7 Å². The van der Waals surface area contributed by atoms with Gasteiger partial charge in [0.05, 0.1) is 17.9 Å². The van der Waals surface area contributed by atoms with Crippen LogP contribution in [0.2, 0.25) is 0 Å². The van der Waals surface area contributed by atoms with Crippen molar-refractivity contribution in [2.24, 2.45) is 11.0 Å². The zero-order chi connectivity index (χ0) is 20.5. The number of hydrogen-bond donors (Lipinski definition) is 1. The smallest absolute Gasteiger partial charge is 0.263 e. The summed E-state index contributed by atoms with van der Waals surface area (Å²) in [7, 11) is 0. The van der Waals surface area contributed by atoms with Crippen molar-refractivity contribution in [2.75, 3.05) is 0 Å². The molecule has 0 saturated carbocycles. The van der Waals surface area contributed by atoms with Crippen molar-refractivity contribution in [1.29, 1.82) is 0 Å². The van der Waals surface area contributed by atoms with E-state index in [-0.39, 0.29) is 11.4 Å². The molecule has 0 radical (unpaired) electrons. The van der Waals surface area contributed by atoms with Crippen molar-refractivity contribution in [3.8, 4) is 0 Å². The SMILES string of the molecule is C[C@H]1CCc2c(sc3ncn([C@H](C)C(=O)N/N=C/c4ccc(F)cc4)c(=O)c23)C1. The third-order valence-electron chi connectivity index (χ3n) is 5.30. The van der Waals surface area contributed by atoms with Gasteiger partial charge in [-0.3, -0.25) is 14.2 Å². The van der Waals surface area contributed by atoms with Gasteiger partial charge in [0.1, 0.15) is 16.7 Å². The highest BCUT2D eigenvalue weighted by atomic mass is 32.1. The molecule has 1 aliphatic rings. The Labute approximate surface area is 171 Å². The molecule has 0 bridgehead atoms. The third kappa shape index (κ3) is 3.85. The van der Waals surface area contributed by atoms with Crippen LogP contribution in [-0.4, -0.2) is 21.7 Å². The fraction of sp³-hybridized carbons (Fsp3) is 0.333. The average molecular weight is 412 g/mol. The fourth-order valence-electron chi connectivity index (χ4n) is 3.56. The van der Waals surface area contributed by atoms with E-state index < -0.39 is 11.9 Å². The van der Waals surface area contributed by atoms with Gasteiger partial charge in [-0.25, -0.2) is 14.8 Å². The van der Waals surface area contributed by atoms with Crippen LogP contribution in [-0.2, 0) is 17.6 Å². The first-order chi connectivity index (χ1) is 13.9. The fourth-order valence-corrected chi connectivity index (χ4v) is 4.90. The van der Waals surface area contributed by atoms with Crippen molar-refractivity contribution in [1.82, 2.24) is 15.0 Å². The monoisotopic (exact) mass is 412 g/mol. The molecule has 0 spiro atoms. The van der Waals surface area contributed by atoms with Gasteiger partial charge in [0.15, 0.2) is 0 Å². The Bertz CT molecular complexity index is 1150. The molecule has 1 aliphatic carbocycles. The second-order valence-electron chi connectivity index (χ2n) is 7.45. The van der Waals surface area contributed by atoms with Crippen LogP contribution in [0.5, 0.6) is 0 Å². The minimum atomic E-state index is -0.761. The molecule has 1 N–H and O–H groups in total. The number of amides is 1. The van der Waals surface area contributed by atoms with E-state index in [1.165, 1.54) is 34.1 Å². The van der Waals surface area contributed by atoms with E-state index in [9.17, 15) is 14.0 Å². The number of carbonyl (C=O) groups excluding carboxylic acids is 1. The summed E-state index contributed by atoms with van der Waals surface area (Å²) in [6.45, 7) is 3.86. The maximum absolute atomic E-state index is 13.1. The van der Waals surface area contributed by atoms with E-state index in [4.69, 9.17) is 0 Å². The number of rotatable bonds is 4. The maximum atomic E-state index is 13.1. The van der Waals surface area contributed by atoms with Crippen LogP contribution in [0.3, 0.4) is 0 Å². The Hall–Kier alpha value is -2.87. The Morgan fingerprint density at radius 3 is 2.93 bits per heavy atom. The molecule has 6 nitrogen and oxygen atoms in total. The molecule has 29 heavy (non-hydrogen) atoms. The second-order valence-corrected chi connectivity index (χ2v) is 8.53. The van der Waals surface area contributed by atoms with Crippen molar-refractivity contribution in [3.63, 3.8) is 0 Å². The minimum Gasteiger partial charge on any atom is -0.286 e. The van der Waals surface area contributed by atoms with E-state index in [1.807, 2.05) is 0 Å². The molecule has 0 saturated heterocycles. The van der Waals surface area contributed by atoms with E-state index in [2.05, 4.69) is 22.4 Å². The first kappa shape index (κ1) is 19.4. The number of aromatic nitrogens is 2. The number of benzene rings is 1. The molecule has 0 aliphatic heterocycles. The standard InChI is InChI=1S/C21H21FN4O2S/c1-12-3-8-16-17(9-12)29-20-18(16)21(28)26(11-23-20)13(2)19(27)25-24-10-14-4-6-15(22)7-5-14/h4-7,10-13H,3,8-9H2,1-2H3,(H,25,27)/b24-10+/t12-,13+/m0/s1. The van der Waals surface area contributed by atoms with Gasteiger partial charge in [-0.2, -0.15) is 5.10 Å². The zero-order valence-electron chi connectivity index (χ0n) is 16.2. The number of nitrogens with one attached hydrogen (secondary N) is 1. The van der Waals surface area contributed by atoms with Gasteiger partial charge in [0.2, 0.25) is 0 Å². The lowest BCUT2D eigenvalue weighted by molar-refractivity contribution is -0.123. The van der Waals surface area contributed by atoms with Crippen LogP contribution in [0.25, 0.3) is 10.2 Å². The normalized spacial score (nSPS) is 17.4. The van der Waals surface area contributed by atoms with Gasteiger partial charge in [-0.1, -0.05) is 19.1 Å². The highest BCUT2D eigenvalue weighted by molar-refractivity contribution is 7.18. The number of fused-ring (bicyclic) bond motifs is 3. The number of hydrazone groups is 1. The Morgan fingerprint density at radius 1 is 1.41 bits per heavy atom. The molecule has 3 aromatic rings. The van der Waals surface area contributed by atoms with Gasteiger partial charge in [0.25, 0.3) is 11.5 Å². The van der Waals surface area contributed by atoms with Crippen LogP contribution >= 0.6 is 11.3 Å². The molecular formula is C21H21FN4O2S. The van der Waals surface area contributed by atoms with Gasteiger partial charge in [0, 0.05) is 4.88 Å². The van der Waals surface area contributed by atoms with Crippen LogP contribution < -0.4 is 11.0 Å². The number of nitrogens with zero attached hydrogens (tertiary/aromatic N) is 3. The number of halogens is 1. The molecule has 2 atom stereocenters. The highest BCUT2D eigenvalue weighted by Crippen LogP contribution is 2.35. The molecule has 8 heteroatoms. The second kappa shape index (κ2) is 7.87. The summed E-state index contributed by atoms with van der Waals surface area (Å²) in [5, 5.41) is 4.54. The van der Waals surface area contributed by atoms with Crippen LogP contribution in [0.1, 0.15) is 42.3 Å². The first-order valence-electron chi connectivity index (χ1n) is 9.54. The molecule has 2 heterocycles. The van der Waals surface area contributed by atoms with E-state index in [1.54, 1.807) is 30.4 Å². The minimum absolute atomic E-state index is 0.188. The van der Waals surface area contributed by atoms with Crippen LogP contribution in [0.4, 0.5) is 4.39 Å². The van der Waals surface area contributed by atoms with E-state index in [0.717, 1.165) is 29.7 Å². The molecule has 1 aromatic carbocycles. The highest BCUT2D eigenvalue weighted by Gasteiger charge is 2.25. The van der Waals surface area contributed by atoms with Crippen molar-refractivity contribution >= 4 is 33.7 Å². The van der Waals surface area contributed by atoms with Crippen molar-refractivity contribution in [2.45, 2.75) is 39.2 Å². The molecule has 150 valence electrons. The summed E-state index contributed by atoms with van der Waals surface area (Å²) in [4.78, 5) is 32.0. The zero-order valence-corrected chi connectivity index (χ0v) is 17.0. The summed E-state index contributed by atoms with van der Waals surface area (Å²) in [6.07, 6.45) is 5.76. The number of thiophene rings is 1. The predicted molar refractivity (Wildman–Crippen MR) is 112 cm³/mol. The summed E-state index contributed by atoms with van der Waals surface area (Å²) in [6, 6.07) is 4.97. The van der Waals surface area contributed by atoms with Crippen molar-refractivity contribution in [3.05, 3.63) is 62.8 Å². The quantitative estimate of drug-likeness (QED) is 0.527. The average Bonchev–Trinajstić information content (AvgIpc) is 3.07. The lowest BCUT2D eigenvalue weighted by atomic mass is 9.89. The van der Waals surface area contributed by atoms with Gasteiger partial charge >= 0.3 is 0 Å². The molecule has 1 amide bonds. The third-order valence-corrected chi connectivity index (χ3v) is 6.46. The van der Waals surface area contributed by atoms with Gasteiger partial charge < -0.3 is 0 Å². The van der Waals surface area contributed by atoms with E-state index in [0.29, 0.717) is 16.9 Å². The molecule has 0 fully saturated rings. The van der Waals surface area contributed by atoms with E-state index >= 15 is 0 Å². The number of aryl methyl sites for hydroxylation is 1. The molecule has 4 rings (SSSR count). The number of hydrogen-bond acceptors (Lipinski definition) is 5. The lowest BCUT2D eigenvalue weighted by Crippen LogP contribution is -2.34. The number of carbonyl (C=O) groups is 1. The summed E-state index contributed by atoms with van der Waals surface area (Å²) >= 11 is 1.58. The topological polar surface area (TPSA) is 76.3 Å². The van der Waals surface area contributed by atoms with Crippen molar-refractivity contribution < 1.29 is 9.18 Å². The van der Waals surface area contributed by atoms with Gasteiger partial charge in [-0.05, 0) is 55.4 Å². The largest absolute Gasteiger partial charge is 0.286 e.